The highest BCUT2D eigenvalue weighted by molar-refractivity contribution is 5.94. The molecule has 222 valence electrons. The predicted octanol–water partition coefficient (Wildman–Crippen LogP) is 6.74. The van der Waals surface area contributed by atoms with Crippen LogP contribution < -0.4 is 10.3 Å². The molecule has 2 aromatic heterocycles. The van der Waals surface area contributed by atoms with Gasteiger partial charge in [-0.3, -0.25) is 14.2 Å². The number of ketones is 1. The van der Waals surface area contributed by atoms with Crippen LogP contribution in [0.25, 0.3) is 16.9 Å². The van der Waals surface area contributed by atoms with Crippen LogP contribution in [0, 0.1) is 11.3 Å². The van der Waals surface area contributed by atoms with Crippen LogP contribution >= 0.6 is 0 Å². The van der Waals surface area contributed by atoms with Crippen molar-refractivity contribution in [3.8, 4) is 22.9 Å². The van der Waals surface area contributed by atoms with Crippen molar-refractivity contribution in [2.75, 3.05) is 0 Å². The van der Waals surface area contributed by atoms with E-state index in [1.165, 1.54) is 6.33 Å². The SMILES string of the molecule is CCCc1c(Cc2cccc(-c3ccccc3)c2C#N)c(=O)n(C2CCC(Oc3ccc(C(C)=O)cc3)CC2)c2ncnn12. The van der Waals surface area contributed by atoms with Crippen molar-refractivity contribution in [2.24, 2.45) is 0 Å². The first kappa shape index (κ1) is 29.1. The van der Waals surface area contributed by atoms with Crippen molar-refractivity contribution in [1.29, 1.82) is 5.26 Å². The highest BCUT2D eigenvalue weighted by Gasteiger charge is 2.29. The quantitative estimate of drug-likeness (QED) is 0.178. The van der Waals surface area contributed by atoms with Gasteiger partial charge in [0.25, 0.3) is 5.56 Å². The monoisotopic (exact) mass is 585 g/mol. The summed E-state index contributed by atoms with van der Waals surface area (Å²) in [5.74, 6) is 1.33. The number of Topliss-reactive ketones (excluding diaryl/α,β-unsaturated/α-hetero) is 1. The summed E-state index contributed by atoms with van der Waals surface area (Å²) in [6, 6.07) is 25.4. The van der Waals surface area contributed by atoms with Gasteiger partial charge in [-0.05, 0) is 80.0 Å². The lowest BCUT2D eigenvalue weighted by molar-refractivity contribution is 0.101. The molecule has 6 rings (SSSR count). The van der Waals surface area contributed by atoms with Crippen LogP contribution in [0.5, 0.6) is 5.75 Å². The summed E-state index contributed by atoms with van der Waals surface area (Å²) in [4.78, 5) is 30.6. The van der Waals surface area contributed by atoms with Crippen LogP contribution in [0.15, 0.2) is 83.9 Å². The third-order valence-corrected chi connectivity index (χ3v) is 8.60. The van der Waals surface area contributed by atoms with E-state index in [0.717, 1.165) is 60.2 Å². The lowest BCUT2D eigenvalue weighted by Crippen LogP contribution is -2.35. The molecule has 1 aliphatic carbocycles. The molecule has 0 saturated heterocycles. The molecule has 3 aromatic carbocycles. The number of fused-ring (bicyclic) bond motifs is 1. The summed E-state index contributed by atoms with van der Waals surface area (Å²) in [7, 11) is 0. The van der Waals surface area contributed by atoms with Gasteiger partial charge in [-0.2, -0.15) is 15.3 Å². The fraction of sp³-hybridized carbons (Fsp3) is 0.306. The smallest absolute Gasteiger partial charge is 0.259 e. The van der Waals surface area contributed by atoms with Gasteiger partial charge in [0.15, 0.2) is 5.78 Å². The molecule has 8 nitrogen and oxygen atoms in total. The molecule has 0 amide bonds. The number of rotatable bonds is 9. The second-order valence-corrected chi connectivity index (χ2v) is 11.4. The zero-order chi connectivity index (χ0) is 30.6. The van der Waals surface area contributed by atoms with E-state index in [1.54, 1.807) is 19.1 Å². The number of aromatic nitrogens is 4. The Labute approximate surface area is 256 Å². The van der Waals surface area contributed by atoms with E-state index in [0.29, 0.717) is 35.3 Å². The van der Waals surface area contributed by atoms with Crippen LogP contribution in [0.2, 0.25) is 0 Å². The van der Waals surface area contributed by atoms with Crippen molar-refractivity contribution in [1.82, 2.24) is 19.2 Å². The number of benzene rings is 3. The second-order valence-electron chi connectivity index (χ2n) is 11.4. The molecule has 0 unspecified atom stereocenters. The van der Waals surface area contributed by atoms with Crippen LogP contribution in [0.1, 0.15) is 84.7 Å². The van der Waals surface area contributed by atoms with Crippen LogP contribution in [0.3, 0.4) is 0 Å². The van der Waals surface area contributed by atoms with E-state index >= 15 is 0 Å². The molecule has 0 aliphatic heterocycles. The standard InChI is InChI=1S/C36H35N5O3/c1-3-8-34-32(21-27-11-7-12-31(33(27)22-37)26-9-5-4-6-10-26)35(43)40(36-38-23-39-41(34)36)28-15-19-30(20-16-28)44-29-17-13-25(14-18-29)24(2)42/h4-7,9-14,17-18,23,28,30H,3,8,15-16,19-21H2,1-2H3. The highest BCUT2D eigenvalue weighted by atomic mass is 16.5. The summed E-state index contributed by atoms with van der Waals surface area (Å²) in [5, 5.41) is 14.8. The molecular weight excluding hydrogens is 550 g/mol. The number of nitrogens with zero attached hydrogens (tertiary/aromatic N) is 5. The minimum absolute atomic E-state index is 0.0248. The minimum atomic E-state index is -0.0628. The Morgan fingerprint density at radius 3 is 2.43 bits per heavy atom. The van der Waals surface area contributed by atoms with Gasteiger partial charge < -0.3 is 4.74 Å². The third kappa shape index (κ3) is 5.66. The van der Waals surface area contributed by atoms with E-state index in [4.69, 9.17) is 4.74 Å². The Balaban J connectivity index is 1.32. The largest absolute Gasteiger partial charge is 0.490 e. The molecular formula is C36H35N5O3. The Bertz CT molecular complexity index is 1890. The first-order valence-corrected chi connectivity index (χ1v) is 15.3. The maximum absolute atomic E-state index is 14.4. The van der Waals surface area contributed by atoms with Crippen LogP contribution in [-0.2, 0) is 12.8 Å². The lowest BCUT2D eigenvalue weighted by Gasteiger charge is -2.31. The van der Waals surface area contributed by atoms with Crippen molar-refractivity contribution in [3.63, 3.8) is 0 Å². The molecule has 1 saturated carbocycles. The molecule has 0 N–H and O–H groups in total. The summed E-state index contributed by atoms with van der Waals surface area (Å²) < 4.78 is 9.89. The molecule has 0 spiro atoms. The molecule has 44 heavy (non-hydrogen) atoms. The van der Waals surface area contributed by atoms with E-state index < -0.39 is 0 Å². The average Bonchev–Trinajstić information content (AvgIpc) is 3.53. The first-order chi connectivity index (χ1) is 21.5. The van der Waals surface area contributed by atoms with Gasteiger partial charge >= 0.3 is 0 Å². The summed E-state index contributed by atoms with van der Waals surface area (Å²) in [6.07, 6.45) is 6.50. The van der Waals surface area contributed by atoms with Gasteiger partial charge in [-0.25, -0.2) is 4.52 Å². The Morgan fingerprint density at radius 2 is 1.75 bits per heavy atom. The molecule has 8 heteroatoms. The molecule has 2 heterocycles. The molecule has 1 fully saturated rings. The summed E-state index contributed by atoms with van der Waals surface area (Å²) in [6.45, 7) is 3.64. The van der Waals surface area contributed by atoms with Gasteiger partial charge in [0.2, 0.25) is 5.78 Å². The predicted molar refractivity (Wildman–Crippen MR) is 169 cm³/mol. The summed E-state index contributed by atoms with van der Waals surface area (Å²) >= 11 is 0. The Kier molecular flexibility index (Phi) is 8.38. The Morgan fingerprint density at radius 1 is 1.00 bits per heavy atom. The van der Waals surface area contributed by atoms with E-state index in [2.05, 4.69) is 23.1 Å². The Hall–Kier alpha value is -5.03. The van der Waals surface area contributed by atoms with E-state index in [-0.39, 0.29) is 23.5 Å². The number of carbonyl (C=O) groups is 1. The number of nitriles is 1. The fourth-order valence-corrected chi connectivity index (χ4v) is 6.39. The van der Waals surface area contributed by atoms with Crippen molar-refractivity contribution in [2.45, 2.75) is 70.9 Å². The number of ether oxygens (including phenoxy) is 1. The number of hydrogen-bond donors (Lipinski definition) is 0. The number of carbonyl (C=O) groups excluding carboxylic acids is 1. The minimum Gasteiger partial charge on any atom is -0.490 e. The maximum atomic E-state index is 14.4. The topological polar surface area (TPSA) is 102 Å². The van der Waals surface area contributed by atoms with Gasteiger partial charge in [0.1, 0.15) is 18.1 Å². The van der Waals surface area contributed by atoms with Gasteiger partial charge in [0, 0.05) is 23.6 Å². The second kappa shape index (κ2) is 12.7. The fourth-order valence-electron chi connectivity index (χ4n) is 6.39. The average molecular weight is 586 g/mol. The molecule has 1 aliphatic rings. The van der Waals surface area contributed by atoms with Gasteiger partial charge in [-0.1, -0.05) is 61.9 Å². The number of hydrogen-bond acceptors (Lipinski definition) is 6. The van der Waals surface area contributed by atoms with Gasteiger partial charge in [0.05, 0.1) is 17.4 Å². The van der Waals surface area contributed by atoms with Crippen molar-refractivity contribution < 1.29 is 9.53 Å². The summed E-state index contributed by atoms with van der Waals surface area (Å²) in [5.41, 5.74) is 5.34. The van der Waals surface area contributed by atoms with Gasteiger partial charge in [-0.15, -0.1) is 0 Å². The van der Waals surface area contributed by atoms with Crippen LogP contribution in [-0.4, -0.2) is 31.1 Å². The normalized spacial score (nSPS) is 16.5. The lowest BCUT2D eigenvalue weighted by atomic mass is 9.91. The zero-order valence-electron chi connectivity index (χ0n) is 25.1. The van der Waals surface area contributed by atoms with Crippen molar-refractivity contribution >= 4 is 11.6 Å². The van der Waals surface area contributed by atoms with Crippen molar-refractivity contribution in [3.05, 3.63) is 117 Å². The molecule has 0 radical (unpaired) electrons. The molecule has 0 atom stereocenters. The highest BCUT2D eigenvalue weighted by Crippen LogP contribution is 2.32. The molecule has 0 bridgehead atoms. The third-order valence-electron chi connectivity index (χ3n) is 8.60. The molecule has 5 aromatic rings. The van der Waals surface area contributed by atoms with Crippen LogP contribution in [0.4, 0.5) is 0 Å². The van der Waals surface area contributed by atoms with E-state index in [1.807, 2.05) is 69.7 Å². The zero-order valence-corrected chi connectivity index (χ0v) is 25.1. The maximum Gasteiger partial charge on any atom is 0.259 e. The van der Waals surface area contributed by atoms with E-state index in [9.17, 15) is 14.9 Å². The first-order valence-electron chi connectivity index (χ1n) is 15.3. The number of aryl methyl sites for hydroxylation is 1.